The predicted molar refractivity (Wildman–Crippen MR) is 86.7 cm³/mol. The molecule has 23 heavy (non-hydrogen) atoms. The summed E-state index contributed by atoms with van der Waals surface area (Å²) in [7, 11) is 5.26. The van der Waals surface area contributed by atoms with Gasteiger partial charge in [-0.15, -0.1) is 0 Å². The lowest BCUT2D eigenvalue weighted by Gasteiger charge is -2.24. The van der Waals surface area contributed by atoms with Gasteiger partial charge in [0.05, 0.1) is 30.2 Å². The first-order valence-electron chi connectivity index (χ1n) is 7.98. The van der Waals surface area contributed by atoms with Crippen LogP contribution in [0.25, 0.3) is 0 Å². The second-order valence-electron chi connectivity index (χ2n) is 6.00. The molecule has 0 aliphatic carbocycles. The summed E-state index contributed by atoms with van der Waals surface area (Å²) in [5.41, 5.74) is 1.62. The Balaban J connectivity index is 2.06. The van der Waals surface area contributed by atoms with Gasteiger partial charge >= 0.3 is 0 Å². The summed E-state index contributed by atoms with van der Waals surface area (Å²) in [5.74, 6) is 0.161. The lowest BCUT2D eigenvalue weighted by Crippen LogP contribution is -2.37. The Morgan fingerprint density at radius 2 is 2.17 bits per heavy atom. The number of likely N-dealkylation sites (tertiary alicyclic amines) is 1. The zero-order chi connectivity index (χ0) is 16.8. The molecule has 0 spiro atoms. The maximum atomic E-state index is 12.2. The second-order valence-corrected chi connectivity index (χ2v) is 6.00. The zero-order valence-electron chi connectivity index (χ0n) is 14.1. The second kappa shape index (κ2) is 8.01. The summed E-state index contributed by atoms with van der Waals surface area (Å²) >= 11 is 0. The number of nitrogens with one attached hydrogen (secondary N) is 1. The van der Waals surface area contributed by atoms with Crippen molar-refractivity contribution in [3.8, 4) is 0 Å². The number of hydrogen-bond donors (Lipinski definition) is 1. The van der Waals surface area contributed by atoms with Gasteiger partial charge in [-0.1, -0.05) is 0 Å². The Kier molecular flexibility index (Phi) is 6.04. The minimum absolute atomic E-state index is 0.00662. The number of carbonyl (C=O) groups excluding carboxylic acids is 2. The van der Waals surface area contributed by atoms with Gasteiger partial charge < -0.3 is 15.1 Å². The van der Waals surface area contributed by atoms with Crippen molar-refractivity contribution in [2.45, 2.75) is 31.7 Å². The Morgan fingerprint density at radius 1 is 1.39 bits per heavy atom. The first-order chi connectivity index (χ1) is 11.0. The van der Waals surface area contributed by atoms with Gasteiger partial charge in [0.25, 0.3) is 0 Å². The fraction of sp³-hybridized carbons (Fsp3) is 0.625. The van der Waals surface area contributed by atoms with Crippen LogP contribution in [0.1, 0.15) is 36.7 Å². The van der Waals surface area contributed by atoms with E-state index in [1.807, 2.05) is 4.90 Å². The van der Waals surface area contributed by atoms with Crippen molar-refractivity contribution in [3.05, 3.63) is 23.8 Å². The van der Waals surface area contributed by atoms with Crippen molar-refractivity contribution in [1.29, 1.82) is 0 Å². The molecule has 126 valence electrons. The molecule has 1 aromatic rings. The third kappa shape index (κ3) is 4.48. The molecule has 1 aliphatic heterocycles. The third-order valence-corrected chi connectivity index (χ3v) is 4.04. The lowest BCUT2D eigenvalue weighted by atomic mass is 10.1. The Labute approximate surface area is 137 Å². The first-order valence-corrected chi connectivity index (χ1v) is 7.98. The number of aromatic nitrogens is 2. The normalized spacial score (nSPS) is 17.3. The highest BCUT2D eigenvalue weighted by Crippen LogP contribution is 2.30. The van der Waals surface area contributed by atoms with Crippen molar-refractivity contribution in [3.63, 3.8) is 0 Å². The zero-order valence-corrected chi connectivity index (χ0v) is 14.1. The van der Waals surface area contributed by atoms with Gasteiger partial charge in [-0.2, -0.15) is 0 Å². The molecule has 2 rings (SSSR count). The molecule has 0 radical (unpaired) electrons. The van der Waals surface area contributed by atoms with Gasteiger partial charge in [0, 0.05) is 33.3 Å². The van der Waals surface area contributed by atoms with Crippen LogP contribution in [0.2, 0.25) is 0 Å². The molecule has 0 aromatic carbocycles. The molecule has 1 atom stereocenters. The van der Waals surface area contributed by atoms with Crippen LogP contribution in [0.5, 0.6) is 0 Å². The van der Waals surface area contributed by atoms with E-state index in [0.29, 0.717) is 19.4 Å². The standard InChI is InChI=1S/C16H25N5O2/c1-17-11-16(23)21-8-4-5-14(21)13-10-18-9-12(19-13)6-7-15(22)20(2)3/h9-10,14,17H,4-8,11H2,1-3H3. The van der Waals surface area contributed by atoms with Crippen LogP contribution in [0.3, 0.4) is 0 Å². The number of amides is 2. The first kappa shape index (κ1) is 17.3. The maximum Gasteiger partial charge on any atom is 0.237 e. The quantitative estimate of drug-likeness (QED) is 0.820. The van der Waals surface area contributed by atoms with E-state index in [9.17, 15) is 9.59 Å². The van der Waals surface area contributed by atoms with Gasteiger partial charge in [0.1, 0.15) is 0 Å². The van der Waals surface area contributed by atoms with Crippen molar-refractivity contribution in [2.24, 2.45) is 0 Å². The van der Waals surface area contributed by atoms with Crippen molar-refractivity contribution >= 4 is 11.8 Å². The average Bonchev–Trinajstić information content (AvgIpc) is 3.02. The number of nitrogens with zero attached hydrogens (tertiary/aromatic N) is 4. The summed E-state index contributed by atoms with van der Waals surface area (Å²) < 4.78 is 0. The minimum atomic E-state index is -0.00662. The highest BCUT2D eigenvalue weighted by molar-refractivity contribution is 5.79. The van der Waals surface area contributed by atoms with Gasteiger partial charge in [-0.05, 0) is 26.3 Å². The van der Waals surface area contributed by atoms with Crippen LogP contribution >= 0.6 is 0 Å². The lowest BCUT2D eigenvalue weighted by molar-refractivity contribution is -0.131. The molecule has 1 N–H and O–H groups in total. The Bertz CT molecular complexity index is 561. The van der Waals surface area contributed by atoms with Crippen molar-refractivity contribution < 1.29 is 9.59 Å². The van der Waals surface area contributed by atoms with Gasteiger partial charge in [0.2, 0.25) is 11.8 Å². The summed E-state index contributed by atoms with van der Waals surface area (Å²) in [6.07, 6.45) is 6.29. The Hall–Kier alpha value is -2.02. The smallest absolute Gasteiger partial charge is 0.237 e. The van der Waals surface area contributed by atoms with Gasteiger partial charge in [-0.25, -0.2) is 0 Å². The van der Waals surface area contributed by atoms with Crippen LogP contribution in [0.4, 0.5) is 0 Å². The fourth-order valence-electron chi connectivity index (χ4n) is 2.79. The van der Waals surface area contributed by atoms with Crippen LogP contribution in [0, 0.1) is 0 Å². The Morgan fingerprint density at radius 3 is 2.87 bits per heavy atom. The minimum Gasteiger partial charge on any atom is -0.349 e. The van der Waals surface area contributed by atoms with E-state index in [1.165, 1.54) is 0 Å². The van der Waals surface area contributed by atoms with Gasteiger partial charge in [-0.3, -0.25) is 19.6 Å². The predicted octanol–water partition coefficient (Wildman–Crippen LogP) is 0.380. The van der Waals surface area contributed by atoms with Gasteiger partial charge in [0.15, 0.2) is 0 Å². The van der Waals surface area contributed by atoms with E-state index < -0.39 is 0 Å². The van der Waals surface area contributed by atoms with E-state index in [4.69, 9.17) is 0 Å². The topological polar surface area (TPSA) is 78.4 Å². The summed E-state index contributed by atoms with van der Waals surface area (Å²) in [6, 6.07) is -0.00662. The maximum absolute atomic E-state index is 12.2. The van der Waals surface area contributed by atoms with Crippen LogP contribution < -0.4 is 5.32 Å². The number of rotatable bonds is 6. The summed E-state index contributed by atoms with van der Waals surface area (Å²) in [4.78, 5) is 36.2. The monoisotopic (exact) mass is 319 g/mol. The molecule has 2 amide bonds. The number of likely N-dealkylation sites (N-methyl/N-ethyl adjacent to an activating group) is 1. The molecule has 1 aliphatic rings. The molecule has 0 saturated carbocycles. The number of carbonyl (C=O) groups is 2. The van der Waals surface area contributed by atoms with Crippen LogP contribution in [-0.2, 0) is 16.0 Å². The van der Waals surface area contributed by atoms with Crippen molar-refractivity contribution in [2.75, 3.05) is 34.2 Å². The van der Waals surface area contributed by atoms with E-state index in [2.05, 4.69) is 15.3 Å². The summed E-state index contributed by atoms with van der Waals surface area (Å²) in [5, 5.41) is 2.90. The fourth-order valence-corrected chi connectivity index (χ4v) is 2.79. The van der Waals surface area contributed by atoms with Crippen LogP contribution in [0.15, 0.2) is 12.4 Å². The number of hydrogen-bond acceptors (Lipinski definition) is 5. The molecule has 1 unspecified atom stereocenters. The molecule has 7 nitrogen and oxygen atoms in total. The van der Waals surface area contributed by atoms with E-state index in [1.54, 1.807) is 38.4 Å². The molecule has 2 heterocycles. The molecule has 0 bridgehead atoms. The molecular weight excluding hydrogens is 294 g/mol. The highest BCUT2D eigenvalue weighted by atomic mass is 16.2. The number of aryl methyl sites for hydroxylation is 1. The third-order valence-electron chi connectivity index (χ3n) is 4.04. The molecule has 7 heteroatoms. The van der Waals surface area contributed by atoms with E-state index in [0.717, 1.165) is 30.8 Å². The largest absolute Gasteiger partial charge is 0.349 e. The average molecular weight is 319 g/mol. The SMILES string of the molecule is CNCC(=O)N1CCCC1c1cncc(CCC(=O)N(C)C)n1. The van der Waals surface area contributed by atoms with E-state index >= 15 is 0 Å². The molecular formula is C16H25N5O2. The van der Waals surface area contributed by atoms with Crippen LogP contribution in [-0.4, -0.2) is 65.8 Å². The highest BCUT2D eigenvalue weighted by Gasteiger charge is 2.30. The van der Waals surface area contributed by atoms with Crippen molar-refractivity contribution in [1.82, 2.24) is 25.1 Å². The van der Waals surface area contributed by atoms with E-state index in [-0.39, 0.29) is 17.9 Å². The molecule has 1 aromatic heterocycles. The molecule has 1 saturated heterocycles. The summed E-state index contributed by atoms with van der Waals surface area (Å²) in [6.45, 7) is 1.09. The molecule has 1 fully saturated rings.